The predicted molar refractivity (Wildman–Crippen MR) is 126 cm³/mol. The van der Waals surface area contributed by atoms with E-state index in [0.29, 0.717) is 17.7 Å². The Balaban J connectivity index is 2.05. The molecule has 0 aliphatic carbocycles. The van der Waals surface area contributed by atoms with Gasteiger partial charge in [-0.05, 0) is 75.1 Å². The van der Waals surface area contributed by atoms with E-state index in [1.807, 2.05) is 0 Å². The number of alkyl halides is 3. The van der Waals surface area contributed by atoms with Crippen LogP contribution in [0.5, 0.6) is 11.5 Å². The summed E-state index contributed by atoms with van der Waals surface area (Å²) in [6.07, 6.45) is -4.72. The van der Waals surface area contributed by atoms with Crippen LogP contribution in [0.1, 0.15) is 37.4 Å². The largest absolute Gasteiger partial charge is 0.465 e. The lowest BCUT2D eigenvalue weighted by atomic mass is 10.1. The summed E-state index contributed by atoms with van der Waals surface area (Å²) in [6.45, 7) is 1.57. The van der Waals surface area contributed by atoms with Gasteiger partial charge in [0.25, 0.3) is 5.91 Å². The number of methoxy groups -OCH3 is 1. The maximum absolute atomic E-state index is 14.8. The van der Waals surface area contributed by atoms with Gasteiger partial charge >= 0.3 is 12.1 Å². The second-order valence-corrected chi connectivity index (χ2v) is 8.40. The number of nitrogens with zero attached hydrogens (tertiary/aromatic N) is 1. The second-order valence-electron chi connectivity index (χ2n) is 8.40. The number of hydrogen-bond donors (Lipinski definition) is 1. The first kappa shape index (κ1) is 27.6. The molecule has 0 unspecified atom stereocenters. The van der Waals surface area contributed by atoms with Gasteiger partial charge in [0.1, 0.15) is 23.1 Å². The van der Waals surface area contributed by atoms with Gasteiger partial charge in [0, 0.05) is 17.8 Å². The minimum Gasteiger partial charge on any atom is -0.465 e. The fourth-order valence-electron chi connectivity index (χ4n) is 3.49. The molecule has 1 amide bonds. The number of nitrogens with one attached hydrogen (secondary N) is 1. The van der Waals surface area contributed by atoms with E-state index < -0.39 is 46.6 Å². The molecule has 0 radical (unpaired) electrons. The summed E-state index contributed by atoms with van der Waals surface area (Å²) in [6, 6.07) is 8.07. The van der Waals surface area contributed by atoms with Crippen LogP contribution < -0.4 is 10.1 Å². The van der Waals surface area contributed by atoms with Crippen LogP contribution in [0.3, 0.4) is 0 Å². The minimum atomic E-state index is -4.72. The summed E-state index contributed by atoms with van der Waals surface area (Å²) in [7, 11) is 4.42. The predicted octanol–water partition coefficient (Wildman–Crippen LogP) is 6.18. The van der Waals surface area contributed by atoms with E-state index in [0.717, 1.165) is 31.4 Å². The lowest BCUT2D eigenvalue weighted by Crippen LogP contribution is -2.18. The van der Waals surface area contributed by atoms with Crippen LogP contribution in [0.4, 0.5) is 27.6 Å². The Kier molecular flexibility index (Phi) is 8.17. The Morgan fingerprint density at radius 3 is 2.24 bits per heavy atom. The number of hydrogen-bond acceptors (Lipinski definition) is 5. The monoisotopic (exact) mass is 522 g/mol. The molecule has 0 aliphatic heterocycles. The van der Waals surface area contributed by atoms with Crippen molar-refractivity contribution in [1.29, 1.82) is 0 Å². The number of aryl methyl sites for hydroxylation is 1. The Morgan fingerprint density at radius 1 is 0.946 bits per heavy atom. The molecular weight excluding hydrogens is 499 g/mol. The van der Waals surface area contributed by atoms with E-state index in [1.165, 1.54) is 19.1 Å². The number of halogens is 5. The van der Waals surface area contributed by atoms with Crippen molar-refractivity contribution in [2.45, 2.75) is 19.6 Å². The Hall–Kier alpha value is -3.99. The standard InChI is InChI=1S/C26H23F5N2O4/c1-14-9-17(27)6-8-21(14)37-22-11-16(26(29,30)31)5-7-19(22)24(34)32-18-10-15(13-33(2)3)23(28)20(12-18)25(35)36-4/h5-12H,13H2,1-4H3,(H,32,34). The van der Waals surface area contributed by atoms with Crippen LogP contribution in [0, 0.1) is 18.6 Å². The zero-order valence-electron chi connectivity index (χ0n) is 20.3. The molecule has 3 rings (SSSR count). The van der Waals surface area contributed by atoms with Crippen LogP contribution in [0.2, 0.25) is 0 Å². The highest BCUT2D eigenvalue weighted by Crippen LogP contribution is 2.36. The van der Waals surface area contributed by atoms with Crippen LogP contribution in [0.25, 0.3) is 0 Å². The SMILES string of the molecule is COC(=O)c1cc(NC(=O)c2ccc(C(F)(F)F)cc2Oc2ccc(F)cc2C)cc(CN(C)C)c1F. The summed E-state index contributed by atoms with van der Waals surface area (Å²) in [4.78, 5) is 26.9. The normalized spacial score (nSPS) is 11.4. The molecule has 0 spiro atoms. The van der Waals surface area contributed by atoms with Gasteiger partial charge in [0.05, 0.1) is 23.8 Å². The molecule has 0 aliphatic rings. The number of esters is 1. The average molecular weight is 522 g/mol. The molecule has 3 aromatic carbocycles. The van der Waals surface area contributed by atoms with Gasteiger partial charge in [0.2, 0.25) is 0 Å². The third-order valence-corrected chi connectivity index (χ3v) is 5.21. The number of rotatable bonds is 7. The van der Waals surface area contributed by atoms with Gasteiger partial charge in [-0.15, -0.1) is 0 Å². The topological polar surface area (TPSA) is 67.9 Å². The highest BCUT2D eigenvalue weighted by molar-refractivity contribution is 6.07. The average Bonchev–Trinajstić information content (AvgIpc) is 2.81. The summed E-state index contributed by atoms with van der Waals surface area (Å²) in [5.41, 5.74) is -1.40. The van der Waals surface area contributed by atoms with Crippen molar-refractivity contribution >= 4 is 17.6 Å². The Labute approximate surface area is 209 Å². The van der Waals surface area contributed by atoms with Gasteiger partial charge < -0.3 is 19.7 Å². The maximum Gasteiger partial charge on any atom is 0.416 e. The van der Waals surface area contributed by atoms with Gasteiger partial charge in [-0.1, -0.05) is 0 Å². The lowest BCUT2D eigenvalue weighted by molar-refractivity contribution is -0.137. The molecular formula is C26H23F5N2O4. The fourth-order valence-corrected chi connectivity index (χ4v) is 3.49. The van der Waals surface area contributed by atoms with E-state index in [4.69, 9.17) is 4.74 Å². The van der Waals surface area contributed by atoms with Crippen LogP contribution in [0.15, 0.2) is 48.5 Å². The third kappa shape index (κ3) is 6.62. The molecule has 196 valence electrons. The maximum atomic E-state index is 14.8. The fraction of sp³-hybridized carbons (Fsp3) is 0.231. The smallest absolute Gasteiger partial charge is 0.416 e. The zero-order valence-corrected chi connectivity index (χ0v) is 20.3. The molecule has 3 aromatic rings. The number of anilines is 1. The highest BCUT2D eigenvalue weighted by atomic mass is 19.4. The molecule has 37 heavy (non-hydrogen) atoms. The van der Waals surface area contributed by atoms with Crippen molar-refractivity contribution in [1.82, 2.24) is 4.90 Å². The van der Waals surface area contributed by atoms with E-state index in [-0.39, 0.29) is 29.1 Å². The molecule has 0 bridgehead atoms. The van der Waals surface area contributed by atoms with Gasteiger partial charge in [0.15, 0.2) is 0 Å². The van der Waals surface area contributed by atoms with Crippen LogP contribution in [-0.2, 0) is 17.5 Å². The molecule has 1 N–H and O–H groups in total. The second kappa shape index (κ2) is 11.0. The van der Waals surface area contributed by atoms with E-state index in [1.54, 1.807) is 19.0 Å². The number of carbonyl (C=O) groups is 2. The quantitative estimate of drug-likeness (QED) is 0.296. The zero-order chi connectivity index (χ0) is 27.5. The third-order valence-electron chi connectivity index (χ3n) is 5.21. The van der Waals surface area contributed by atoms with E-state index >= 15 is 0 Å². The van der Waals surface area contributed by atoms with Crippen LogP contribution >= 0.6 is 0 Å². The lowest BCUT2D eigenvalue weighted by Gasteiger charge is -2.17. The van der Waals surface area contributed by atoms with Crippen molar-refractivity contribution in [3.63, 3.8) is 0 Å². The first-order chi connectivity index (χ1) is 17.3. The molecule has 0 fully saturated rings. The van der Waals surface area contributed by atoms with E-state index in [2.05, 4.69) is 10.1 Å². The molecule has 11 heteroatoms. The molecule has 6 nitrogen and oxygen atoms in total. The highest BCUT2D eigenvalue weighted by Gasteiger charge is 2.32. The van der Waals surface area contributed by atoms with Crippen LogP contribution in [-0.4, -0.2) is 38.0 Å². The van der Waals surface area contributed by atoms with Gasteiger partial charge in [-0.25, -0.2) is 13.6 Å². The van der Waals surface area contributed by atoms with Gasteiger partial charge in [-0.3, -0.25) is 4.79 Å². The molecule has 0 atom stereocenters. The Morgan fingerprint density at radius 2 is 1.65 bits per heavy atom. The van der Waals surface area contributed by atoms with E-state index in [9.17, 15) is 31.5 Å². The van der Waals surface area contributed by atoms with Crippen molar-refractivity contribution in [2.24, 2.45) is 0 Å². The molecule has 0 saturated heterocycles. The summed E-state index contributed by atoms with van der Waals surface area (Å²) >= 11 is 0. The molecule has 0 saturated carbocycles. The molecule has 0 heterocycles. The molecule has 0 aromatic heterocycles. The number of benzene rings is 3. The number of carbonyl (C=O) groups excluding carboxylic acids is 2. The summed E-state index contributed by atoms with van der Waals surface area (Å²) < 4.78 is 78.6. The number of ether oxygens (including phenoxy) is 2. The van der Waals surface area contributed by atoms with Crippen molar-refractivity contribution in [3.05, 3.63) is 88.0 Å². The first-order valence-electron chi connectivity index (χ1n) is 10.8. The van der Waals surface area contributed by atoms with Crippen molar-refractivity contribution in [2.75, 3.05) is 26.5 Å². The summed E-state index contributed by atoms with van der Waals surface area (Å²) in [5.74, 6) is -3.66. The minimum absolute atomic E-state index is 0.00691. The number of amides is 1. The summed E-state index contributed by atoms with van der Waals surface area (Å²) in [5, 5.41) is 2.47. The van der Waals surface area contributed by atoms with Crippen molar-refractivity contribution < 1.29 is 41.0 Å². The first-order valence-corrected chi connectivity index (χ1v) is 10.8. The Bertz CT molecular complexity index is 1340. The van der Waals surface area contributed by atoms with Gasteiger partial charge in [-0.2, -0.15) is 13.2 Å². The van der Waals surface area contributed by atoms with Crippen molar-refractivity contribution in [3.8, 4) is 11.5 Å².